The molecule has 1 N–H and O–H groups in total. The van der Waals surface area contributed by atoms with Crippen LogP contribution in [0, 0.1) is 5.82 Å². The predicted octanol–water partition coefficient (Wildman–Crippen LogP) is 6.12. The summed E-state index contributed by atoms with van der Waals surface area (Å²) in [6.45, 7) is 1.13. The van der Waals surface area contributed by atoms with Crippen molar-refractivity contribution in [1.82, 2.24) is 30.0 Å². The lowest BCUT2D eigenvalue weighted by molar-refractivity contribution is -0.136. The molecule has 0 saturated heterocycles. The van der Waals surface area contributed by atoms with E-state index >= 15 is 0 Å². The molecule has 8 nitrogen and oxygen atoms in total. The number of rotatable bonds is 9. The number of ether oxygens (including phenoxy) is 1. The van der Waals surface area contributed by atoms with Crippen LogP contribution in [0.25, 0.3) is 45.2 Å². The zero-order chi connectivity index (χ0) is 28.7. The first-order valence-electron chi connectivity index (χ1n) is 13.1. The Bertz CT molecular complexity index is 1720. The Morgan fingerprint density at radius 2 is 1.90 bits per heavy atom. The van der Waals surface area contributed by atoms with Gasteiger partial charge in [0.05, 0.1) is 6.61 Å². The van der Waals surface area contributed by atoms with Gasteiger partial charge in [-0.2, -0.15) is 13.2 Å². The van der Waals surface area contributed by atoms with Crippen molar-refractivity contribution < 1.29 is 26.7 Å². The monoisotopic (exact) mass is 566 g/mol. The summed E-state index contributed by atoms with van der Waals surface area (Å²) in [5, 5.41) is 11.1. The molecule has 1 fully saturated rings. The molecular formula is C29H26F4N6O2. The highest BCUT2D eigenvalue weighted by Gasteiger charge is 2.36. The number of hydrogen-bond donors (Lipinski definition) is 1. The minimum atomic E-state index is -4.65. The van der Waals surface area contributed by atoms with Crippen LogP contribution in [-0.4, -0.2) is 45.0 Å². The number of hydrogen-bond acceptors (Lipinski definition) is 7. The first-order valence-corrected chi connectivity index (χ1v) is 13.1. The van der Waals surface area contributed by atoms with Gasteiger partial charge in [-0.25, -0.2) is 14.4 Å². The number of aromatic nitrogens is 5. The summed E-state index contributed by atoms with van der Waals surface area (Å²) in [5.74, 6) is 0.220. The summed E-state index contributed by atoms with van der Waals surface area (Å²) in [6, 6.07) is 10.6. The van der Waals surface area contributed by atoms with Gasteiger partial charge in [0.15, 0.2) is 11.4 Å². The number of alkyl halides is 3. The highest BCUT2D eigenvalue weighted by molar-refractivity contribution is 5.84. The average Bonchev–Trinajstić information content (AvgIpc) is 3.57. The van der Waals surface area contributed by atoms with Gasteiger partial charge >= 0.3 is 6.18 Å². The lowest BCUT2D eigenvalue weighted by Crippen LogP contribution is -2.19. The van der Waals surface area contributed by atoms with E-state index in [2.05, 4.69) is 20.5 Å². The van der Waals surface area contributed by atoms with Gasteiger partial charge in [0, 0.05) is 44.4 Å². The minimum Gasteiger partial charge on any atom is -0.434 e. The Morgan fingerprint density at radius 3 is 2.61 bits per heavy atom. The van der Waals surface area contributed by atoms with Crippen molar-refractivity contribution in [2.45, 2.75) is 31.5 Å². The number of fused-ring (bicyclic) bond motifs is 1. The molecule has 6 rings (SSSR count). The molecule has 0 spiro atoms. The van der Waals surface area contributed by atoms with Gasteiger partial charge in [-0.05, 0) is 65.9 Å². The number of pyridine rings is 1. The molecular weight excluding hydrogens is 540 g/mol. The summed E-state index contributed by atoms with van der Waals surface area (Å²) >= 11 is 0. The molecule has 0 bridgehead atoms. The second kappa shape index (κ2) is 10.7. The molecule has 2 aromatic carbocycles. The third-order valence-corrected chi connectivity index (χ3v) is 6.97. The van der Waals surface area contributed by atoms with Crippen LogP contribution in [0.15, 0.2) is 53.2 Å². The van der Waals surface area contributed by atoms with Crippen LogP contribution in [0.2, 0.25) is 0 Å². The molecule has 3 aromatic heterocycles. The fourth-order valence-electron chi connectivity index (χ4n) is 4.81. The topological polar surface area (TPSA) is 90.9 Å². The first-order chi connectivity index (χ1) is 19.7. The van der Waals surface area contributed by atoms with Gasteiger partial charge in [-0.3, -0.25) is 0 Å². The highest BCUT2D eigenvalue weighted by atomic mass is 19.4. The fraction of sp³-hybridized carbons (Fsp3) is 0.310. The molecule has 12 heteroatoms. The number of nitrogens with one attached hydrogen (secondary N) is 1. The lowest BCUT2D eigenvalue weighted by Gasteiger charge is -2.12. The van der Waals surface area contributed by atoms with E-state index in [1.54, 1.807) is 36.9 Å². The van der Waals surface area contributed by atoms with Gasteiger partial charge in [-0.15, -0.1) is 10.2 Å². The van der Waals surface area contributed by atoms with Gasteiger partial charge in [0.25, 0.3) is 0 Å². The molecule has 1 aliphatic rings. The van der Waals surface area contributed by atoms with Crippen molar-refractivity contribution in [3.8, 4) is 34.1 Å². The zero-order valence-electron chi connectivity index (χ0n) is 22.3. The molecule has 0 aliphatic heterocycles. The van der Waals surface area contributed by atoms with Gasteiger partial charge in [-0.1, -0.05) is 6.07 Å². The number of halogens is 4. The molecule has 41 heavy (non-hydrogen) atoms. The van der Waals surface area contributed by atoms with Crippen LogP contribution in [0.1, 0.15) is 35.6 Å². The third-order valence-electron chi connectivity index (χ3n) is 6.97. The van der Waals surface area contributed by atoms with Crippen molar-refractivity contribution in [3.63, 3.8) is 0 Å². The molecule has 5 aromatic rings. The van der Waals surface area contributed by atoms with Crippen LogP contribution in [0.3, 0.4) is 0 Å². The van der Waals surface area contributed by atoms with E-state index in [1.807, 2.05) is 6.07 Å². The normalized spacial score (nSPS) is 13.8. The van der Waals surface area contributed by atoms with E-state index in [4.69, 9.17) is 14.1 Å². The predicted molar refractivity (Wildman–Crippen MR) is 143 cm³/mol. The molecule has 0 atom stereocenters. The molecule has 0 unspecified atom stereocenters. The lowest BCUT2D eigenvalue weighted by atomic mass is 9.97. The Morgan fingerprint density at radius 1 is 1.07 bits per heavy atom. The minimum absolute atomic E-state index is 0.0268. The zero-order valence-corrected chi connectivity index (χ0v) is 22.3. The van der Waals surface area contributed by atoms with Crippen molar-refractivity contribution in [2.75, 3.05) is 20.3 Å². The van der Waals surface area contributed by atoms with E-state index in [0.717, 1.165) is 24.6 Å². The van der Waals surface area contributed by atoms with Crippen molar-refractivity contribution in [1.29, 1.82) is 0 Å². The van der Waals surface area contributed by atoms with E-state index < -0.39 is 17.6 Å². The summed E-state index contributed by atoms with van der Waals surface area (Å²) in [5.41, 5.74) is 2.19. The number of methoxy groups -OCH3 is 1. The standard InChI is InChI=1S/C29H26F4N6O2/c1-39-15-35-38-27(39)21-13-19(30)5-6-20(21)18-11-23(17-3-4-17)36-25(12-18)28-37-24-10-16(14-34-7-8-40-2)9-22(26(24)41-28)29(31,32)33/h5-6,9-13,15,17,34H,3-4,7-8,14H2,1-2H3. The van der Waals surface area contributed by atoms with E-state index in [-0.39, 0.29) is 29.5 Å². The van der Waals surface area contributed by atoms with E-state index in [9.17, 15) is 17.6 Å². The number of aryl methyl sites for hydroxylation is 1. The highest BCUT2D eigenvalue weighted by Crippen LogP contribution is 2.43. The molecule has 1 aliphatic carbocycles. The van der Waals surface area contributed by atoms with Crippen LogP contribution in [0.4, 0.5) is 17.6 Å². The van der Waals surface area contributed by atoms with Crippen LogP contribution >= 0.6 is 0 Å². The first kappa shape index (κ1) is 27.0. The third kappa shape index (κ3) is 5.57. The quantitative estimate of drug-likeness (QED) is 0.170. The molecule has 3 heterocycles. The number of benzene rings is 2. The second-order valence-corrected chi connectivity index (χ2v) is 10.1. The van der Waals surface area contributed by atoms with Crippen molar-refractivity contribution >= 4 is 11.1 Å². The van der Waals surface area contributed by atoms with Crippen LogP contribution in [-0.2, 0) is 24.5 Å². The molecule has 0 amide bonds. The van der Waals surface area contributed by atoms with Gasteiger partial charge in [0.1, 0.15) is 28.9 Å². The summed E-state index contributed by atoms with van der Waals surface area (Å²) < 4.78 is 69.0. The molecule has 212 valence electrons. The van der Waals surface area contributed by atoms with Crippen LogP contribution < -0.4 is 5.32 Å². The van der Waals surface area contributed by atoms with E-state index in [0.29, 0.717) is 46.9 Å². The Kier molecular flexibility index (Phi) is 7.04. The Labute approximate surface area is 232 Å². The van der Waals surface area contributed by atoms with Gasteiger partial charge < -0.3 is 19.0 Å². The summed E-state index contributed by atoms with van der Waals surface area (Å²) in [7, 11) is 3.31. The van der Waals surface area contributed by atoms with Crippen molar-refractivity contribution in [2.24, 2.45) is 7.05 Å². The maximum absolute atomic E-state index is 14.4. The Hall–Kier alpha value is -4.16. The summed E-state index contributed by atoms with van der Waals surface area (Å²) in [6.07, 6.45) is -1.23. The maximum atomic E-state index is 14.4. The summed E-state index contributed by atoms with van der Waals surface area (Å²) in [4.78, 5) is 9.18. The van der Waals surface area contributed by atoms with Gasteiger partial charge in [0.2, 0.25) is 5.89 Å². The smallest absolute Gasteiger partial charge is 0.420 e. The second-order valence-electron chi connectivity index (χ2n) is 10.1. The Balaban J connectivity index is 1.47. The SMILES string of the molecule is COCCNCc1cc(C(F)(F)F)c2oc(-c3cc(-c4ccc(F)cc4-c4nncn4C)cc(C4CC4)n3)nc2c1. The van der Waals surface area contributed by atoms with Crippen molar-refractivity contribution in [3.05, 3.63) is 71.4 Å². The van der Waals surface area contributed by atoms with E-state index in [1.165, 1.54) is 18.5 Å². The van der Waals surface area contributed by atoms with Crippen LogP contribution in [0.5, 0.6) is 0 Å². The average molecular weight is 567 g/mol. The molecule has 0 radical (unpaired) electrons. The largest absolute Gasteiger partial charge is 0.434 e. The molecule has 1 saturated carbocycles. The number of nitrogens with zero attached hydrogens (tertiary/aromatic N) is 5. The number of oxazole rings is 1. The fourth-order valence-corrected chi connectivity index (χ4v) is 4.81. The maximum Gasteiger partial charge on any atom is 0.420 e.